The van der Waals surface area contributed by atoms with Gasteiger partial charge < -0.3 is 0 Å². The Morgan fingerprint density at radius 2 is 1.43 bits per heavy atom. The van der Waals surface area contributed by atoms with Gasteiger partial charge in [-0.05, 0) is 13.8 Å². The molecule has 0 aliphatic rings. The molecular weight excluding hydrogens is 429 g/mol. The van der Waals surface area contributed by atoms with Gasteiger partial charge in [-0.15, -0.1) is 0 Å². The number of hydrogen-bond acceptors (Lipinski definition) is 0. The van der Waals surface area contributed by atoms with Crippen LogP contribution in [-0.2, 0) is 0 Å². The molecule has 0 bridgehead atoms. The van der Waals surface area contributed by atoms with E-state index in [1.165, 1.54) is 0 Å². The second-order valence-electron chi connectivity index (χ2n) is 1.87. The van der Waals surface area contributed by atoms with Crippen LogP contribution in [0, 0.1) is 0 Å². The maximum atomic E-state index is 2.45. The van der Waals surface area contributed by atoms with Crippen LogP contribution < -0.4 is 0 Å². The smallest absolute Gasteiger partial charge is 0.0766 e. The average Bonchev–Trinajstić information content (AvgIpc) is 1.31. The van der Waals surface area contributed by atoms with Gasteiger partial charge in [0.1, 0.15) is 0 Å². The van der Waals surface area contributed by atoms with Crippen LogP contribution in [-0.4, -0.2) is 5.35 Å². The standard InChI is InChI=1S/C4H7I3/c1-4(2,7)3(5)6/h3H,1-2H3. The Morgan fingerprint density at radius 1 is 1.29 bits per heavy atom. The first-order chi connectivity index (χ1) is 2.94. The Balaban J connectivity index is 3.54. The number of alkyl halides is 3. The Kier molecular flexibility index (Phi) is 4.44. The summed E-state index contributed by atoms with van der Waals surface area (Å²) in [5, 5.41) is 0. The van der Waals surface area contributed by atoms with E-state index in [1.807, 2.05) is 0 Å². The zero-order valence-electron chi connectivity index (χ0n) is 4.21. The van der Waals surface area contributed by atoms with Gasteiger partial charge in [-0.3, -0.25) is 0 Å². The maximum Gasteiger partial charge on any atom is 0.0766 e. The van der Waals surface area contributed by atoms with Gasteiger partial charge >= 0.3 is 0 Å². The summed E-state index contributed by atoms with van der Waals surface area (Å²) in [7, 11) is 0. The highest BCUT2D eigenvalue weighted by atomic mass is 127. The maximum absolute atomic E-state index is 2.45. The van der Waals surface area contributed by atoms with Crippen molar-refractivity contribution in [1.82, 2.24) is 0 Å². The second kappa shape index (κ2) is 3.38. The minimum atomic E-state index is 0.443. The molecule has 0 aliphatic heterocycles. The fourth-order valence-electron chi connectivity index (χ4n) is 0. The minimum Gasteiger partial charge on any atom is -0.0775 e. The summed E-state index contributed by atoms with van der Waals surface area (Å²) < 4.78 is 1.17. The lowest BCUT2D eigenvalue weighted by Crippen LogP contribution is -2.16. The molecule has 0 amide bonds. The van der Waals surface area contributed by atoms with Crippen molar-refractivity contribution in [1.29, 1.82) is 0 Å². The van der Waals surface area contributed by atoms with Gasteiger partial charge in [-0.1, -0.05) is 67.8 Å². The zero-order chi connectivity index (χ0) is 6.08. The minimum absolute atomic E-state index is 0.443. The molecule has 0 aromatic rings. The lowest BCUT2D eigenvalue weighted by Gasteiger charge is -2.16. The van der Waals surface area contributed by atoms with Crippen molar-refractivity contribution in [3.8, 4) is 0 Å². The topological polar surface area (TPSA) is 0 Å². The molecule has 0 aromatic heterocycles. The molecule has 0 unspecified atom stereocenters. The quantitative estimate of drug-likeness (QED) is 0.437. The molecule has 44 valence electrons. The summed E-state index contributed by atoms with van der Waals surface area (Å²) in [4.78, 5) is 0. The largest absolute Gasteiger partial charge is 0.0775 e. The SMILES string of the molecule is CC(C)(I)C(I)I. The molecule has 0 atom stereocenters. The van der Waals surface area contributed by atoms with Gasteiger partial charge in [0.25, 0.3) is 0 Å². The first-order valence-corrected chi connectivity index (χ1v) is 5.48. The third kappa shape index (κ3) is 4.68. The molecule has 0 saturated heterocycles. The van der Waals surface area contributed by atoms with Crippen molar-refractivity contribution >= 4 is 67.8 Å². The van der Waals surface area contributed by atoms with Gasteiger partial charge in [-0.2, -0.15) is 0 Å². The van der Waals surface area contributed by atoms with E-state index in [0.717, 1.165) is 1.93 Å². The molecule has 0 radical (unpaired) electrons. The first kappa shape index (κ1) is 9.19. The molecule has 0 spiro atoms. The molecule has 0 N–H and O–H groups in total. The molecule has 0 nitrogen and oxygen atoms in total. The average molecular weight is 436 g/mol. The Morgan fingerprint density at radius 3 is 1.43 bits per heavy atom. The van der Waals surface area contributed by atoms with Crippen LogP contribution in [0.5, 0.6) is 0 Å². The van der Waals surface area contributed by atoms with Crippen LogP contribution in [0.2, 0.25) is 0 Å². The van der Waals surface area contributed by atoms with E-state index < -0.39 is 0 Å². The molecule has 0 aromatic carbocycles. The van der Waals surface area contributed by atoms with Crippen molar-refractivity contribution in [2.45, 2.75) is 19.2 Å². The summed E-state index contributed by atoms with van der Waals surface area (Å²) >= 11 is 7.31. The Bertz CT molecular complexity index is 52.4. The molecule has 0 rings (SSSR count). The molecular formula is C4H7I3. The summed E-state index contributed by atoms with van der Waals surface area (Å²) in [6, 6.07) is 0. The highest BCUT2D eigenvalue weighted by Crippen LogP contribution is 2.32. The third-order valence-corrected chi connectivity index (χ3v) is 6.64. The van der Waals surface area contributed by atoms with Crippen molar-refractivity contribution in [3.05, 3.63) is 0 Å². The van der Waals surface area contributed by atoms with E-state index in [2.05, 4.69) is 81.6 Å². The molecule has 3 heteroatoms. The van der Waals surface area contributed by atoms with Gasteiger partial charge in [0, 0.05) is 3.42 Å². The van der Waals surface area contributed by atoms with E-state index in [4.69, 9.17) is 0 Å². The van der Waals surface area contributed by atoms with Crippen LogP contribution in [0.15, 0.2) is 0 Å². The van der Waals surface area contributed by atoms with E-state index in [-0.39, 0.29) is 0 Å². The van der Waals surface area contributed by atoms with E-state index >= 15 is 0 Å². The molecule has 0 aliphatic carbocycles. The van der Waals surface area contributed by atoms with Crippen LogP contribution in [0.3, 0.4) is 0 Å². The number of rotatable bonds is 1. The molecule has 0 fully saturated rings. The van der Waals surface area contributed by atoms with Gasteiger partial charge in [0.2, 0.25) is 0 Å². The monoisotopic (exact) mass is 436 g/mol. The van der Waals surface area contributed by atoms with Crippen molar-refractivity contribution in [2.75, 3.05) is 0 Å². The lowest BCUT2D eigenvalue weighted by atomic mass is 10.3. The fourth-order valence-corrected chi connectivity index (χ4v) is 0. The van der Waals surface area contributed by atoms with E-state index in [9.17, 15) is 0 Å². The number of halogens is 3. The Hall–Kier alpha value is 2.19. The van der Waals surface area contributed by atoms with Crippen LogP contribution >= 0.6 is 67.8 Å². The van der Waals surface area contributed by atoms with Crippen LogP contribution in [0.25, 0.3) is 0 Å². The number of hydrogen-bond donors (Lipinski definition) is 0. The highest BCUT2D eigenvalue weighted by molar-refractivity contribution is 14.2. The first-order valence-electron chi connectivity index (χ1n) is 1.91. The lowest BCUT2D eigenvalue weighted by molar-refractivity contribution is 0.859. The fraction of sp³-hybridized carbons (Fsp3) is 1.00. The predicted molar refractivity (Wildman–Crippen MR) is 59.9 cm³/mol. The van der Waals surface area contributed by atoms with E-state index in [1.54, 1.807) is 0 Å². The summed E-state index contributed by atoms with van der Waals surface area (Å²) in [5.41, 5.74) is 0. The van der Waals surface area contributed by atoms with Crippen LogP contribution in [0.1, 0.15) is 13.8 Å². The van der Waals surface area contributed by atoms with Crippen LogP contribution in [0.4, 0.5) is 0 Å². The van der Waals surface area contributed by atoms with Gasteiger partial charge in [-0.25, -0.2) is 0 Å². The van der Waals surface area contributed by atoms with Crippen molar-refractivity contribution in [2.24, 2.45) is 0 Å². The summed E-state index contributed by atoms with van der Waals surface area (Å²) in [5.74, 6) is 0. The predicted octanol–water partition coefficient (Wildman–Crippen LogP) is 3.40. The van der Waals surface area contributed by atoms with Gasteiger partial charge in [0.15, 0.2) is 0 Å². The van der Waals surface area contributed by atoms with Gasteiger partial charge in [0.05, 0.1) is 1.93 Å². The summed E-state index contributed by atoms with van der Waals surface area (Å²) in [6.07, 6.45) is 0. The Labute approximate surface area is 85.6 Å². The highest BCUT2D eigenvalue weighted by Gasteiger charge is 2.19. The molecule has 7 heavy (non-hydrogen) atoms. The summed E-state index contributed by atoms with van der Waals surface area (Å²) in [6.45, 7) is 4.47. The van der Waals surface area contributed by atoms with Crippen molar-refractivity contribution in [3.63, 3.8) is 0 Å². The second-order valence-corrected chi connectivity index (χ2v) is 9.52. The normalized spacial score (nSPS) is 12.9. The zero-order valence-corrected chi connectivity index (χ0v) is 10.7. The van der Waals surface area contributed by atoms with Crippen molar-refractivity contribution < 1.29 is 0 Å². The van der Waals surface area contributed by atoms with E-state index in [0.29, 0.717) is 3.42 Å². The molecule has 0 saturated carbocycles. The third-order valence-electron chi connectivity index (χ3n) is 0.519. The molecule has 0 heterocycles.